The van der Waals surface area contributed by atoms with E-state index in [0.717, 1.165) is 22.7 Å². The molecule has 0 saturated heterocycles. The number of nitrogens with one attached hydrogen (secondary N) is 1. The monoisotopic (exact) mass is 287 g/mol. The maximum Gasteiger partial charge on any atom is 0.223 e. The number of nitrogens with zero attached hydrogens (tertiary/aromatic N) is 2. The average Bonchev–Trinajstić information content (AvgIpc) is 2.42. The van der Waals surface area contributed by atoms with E-state index in [1.54, 1.807) is 0 Å². The van der Waals surface area contributed by atoms with Crippen LogP contribution in [0.1, 0.15) is 17.0 Å². The van der Waals surface area contributed by atoms with Gasteiger partial charge in [-0.25, -0.2) is 9.97 Å². The van der Waals surface area contributed by atoms with Crippen LogP contribution in [0.3, 0.4) is 0 Å². The molecule has 1 heterocycles. The molecule has 2 rings (SSSR count). The second kappa shape index (κ2) is 7.04. The Morgan fingerprint density at radius 2 is 1.86 bits per heavy atom. The van der Waals surface area contributed by atoms with E-state index in [1.807, 2.05) is 51.1 Å². The van der Waals surface area contributed by atoms with Crippen LogP contribution in [0.15, 0.2) is 30.3 Å². The van der Waals surface area contributed by atoms with Crippen LogP contribution in [0.2, 0.25) is 0 Å². The Hall–Kier alpha value is -2.14. The van der Waals surface area contributed by atoms with Gasteiger partial charge in [-0.15, -0.1) is 0 Å². The molecule has 2 aromatic rings. The van der Waals surface area contributed by atoms with Gasteiger partial charge in [-0.2, -0.15) is 0 Å². The summed E-state index contributed by atoms with van der Waals surface area (Å²) in [5.74, 6) is 1.29. The van der Waals surface area contributed by atoms with Crippen LogP contribution in [-0.2, 0) is 0 Å². The van der Waals surface area contributed by atoms with Gasteiger partial charge >= 0.3 is 0 Å². The van der Waals surface area contributed by atoms with E-state index in [-0.39, 0.29) is 6.61 Å². The fraction of sp³-hybridized carbons (Fsp3) is 0.375. The zero-order valence-corrected chi connectivity index (χ0v) is 12.6. The molecule has 5 heteroatoms. The number of aromatic nitrogens is 2. The molecule has 0 aliphatic carbocycles. The first-order chi connectivity index (χ1) is 10.0. The molecule has 5 nitrogen and oxygen atoms in total. The van der Waals surface area contributed by atoms with Gasteiger partial charge in [0, 0.05) is 17.9 Å². The molecule has 21 heavy (non-hydrogen) atoms. The van der Waals surface area contributed by atoms with E-state index in [1.165, 1.54) is 0 Å². The van der Waals surface area contributed by atoms with Crippen molar-refractivity contribution in [3.63, 3.8) is 0 Å². The van der Waals surface area contributed by atoms with Crippen LogP contribution >= 0.6 is 0 Å². The van der Waals surface area contributed by atoms with E-state index in [2.05, 4.69) is 15.3 Å². The van der Waals surface area contributed by atoms with E-state index >= 15 is 0 Å². The third-order valence-electron chi connectivity index (χ3n) is 2.91. The minimum absolute atomic E-state index is 0.223. The number of rotatable bonds is 6. The largest absolute Gasteiger partial charge is 0.491 e. The van der Waals surface area contributed by atoms with Crippen LogP contribution in [0, 0.1) is 20.8 Å². The first-order valence-corrected chi connectivity index (χ1v) is 6.96. The maximum atomic E-state index is 9.94. The molecular weight excluding hydrogens is 266 g/mol. The molecule has 0 aliphatic heterocycles. The lowest BCUT2D eigenvalue weighted by molar-refractivity contribution is 0.117. The van der Waals surface area contributed by atoms with Gasteiger partial charge in [-0.1, -0.05) is 12.1 Å². The molecule has 112 valence electrons. The fourth-order valence-corrected chi connectivity index (χ4v) is 1.97. The highest BCUT2D eigenvalue weighted by atomic mass is 16.5. The average molecular weight is 287 g/mol. The molecule has 0 bridgehead atoms. The van der Waals surface area contributed by atoms with Gasteiger partial charge in [0.2, 0.25) is 5.95 Å². The van der Waals surface area contributed by atoms with Crippen molar-refractivity contribution in [1.29, 1.82) is 0 Å². The summed E-state index contributed by atoms with van der Waals surface area (Å²) in [6.45, 7) is 6.40. The standard InChI is InChI=1S/C16H21N3O2/c1-11-5-4-6-15(7-11)21-10-14(20)9-17-16-18-12(2)8-13(3)19-16/h4-8,14,20H,9-10H2,1-3H3,(H,17,18,19)/t14-/m1/s1. The number of hydrogen-bond donors (Lipinski definition) is 2. The topological polar surface area (TPSA) is 67.3 Å². The predicted octanol–water partition coefficient (Wildman–Crippen LogP) is 2.25. The summed E-state index contributed by atoms with van der Waals surface area (Å²) in [6, 6.07) is 9.65. The minimum Gasteiger partial charge on any atom is -0.491 e. The number of aliphatic hydroxyl groups is 1. The molecule has 0 unspecified atom stereocenters. The van der Waals surface area contributed by atoms with Gasteiger partial charge in [0.1, 0.15) is 18.5 Å². The molecule has 0 aliphatic rings. The van der Waals surface area contributed by atoms with Crippen molar-refractivity contribution in [1.82, 2.24) is 9.97 Å². The van der Waals surface area contributed by atoms with Crippen molar-refractivity contribution in [3.05, 3.63) is 47.3 Å². The Balaban J connectivity index is 1.80. The van der Waals surface area contributed by atoms with Crippen LogP contribution in [0.5, 0.6) is 5.75 Å². The van der Waals surface area contributed by atoms with Crippen molar-refractivity contribution in [2.24, 2.45) is 0 Å². The maximum absolute atomic E-state index is 9.94. The summed E-state index contributed by atoms with van der Waals surface area (Å²) in [7, 11) is 0. The highest BCUT2D eigenvalue weighted by Crippen LogP contribution is 2.12. The van der Waals surface area contributed by atoms with Crippen molar-refractivity contribution in [2.45, 2.75) is 26.9 Å². The zero-order valence-electron chi connectivity index (χ0n) is 12.6. The van der Waals surface area contributed by atoms with E-state index in [4.69, 9.17) is 4.74 Å². The molecule has 0 fully saturated rings. The number of benzene rings is 1. The number of ether oxygens (including phenoxy) is 1. The Labute approximate surface area is 125 Å². The summed E-state index contributed by atoms with van der Waals surface area (Å²) in [4.78, 5) is 8.52. The van der Waals surface area contributed by atoms with Crippen LogP contribution in [-0.4, -0.2) is 34.3 Å². The molecule has 0 saturated carbocycles. The summed E-state index contributed by atoms with van der Waals surface area (Å²) in [5.41, 5.74) is 2.93. The first-order valence-electron chi connectivity index (χ1n) is 6.96. The van der Waals surface area contributed by atoms with Gasteiger partial charge in [-0.3, -0.25) is 0 Å². The van der Waals surface area contributed by atoms with Gasteiger partial charge < -0.3 is 15.2 Å². The SMILES string of the molecule is Cc1cccc(OC[C@H](O)CNc2nc(C)cc(C)n2)c1. The van der Waals surface area contributed by atoms with Crippen LogP contribution < -0.4 is 10.1 Å². The summed E-state index contributed by atoms with van der Waals surface area (Å²) in [6.07, 6.45) is -0.630. The fourth-order valence-electron chi connectivity index (χ4n) is 1.97. The molecular formula is C16H21N3O2. The number of aryl methyl sites for hydroxylation is 3. The Morgan fingerprint density at radius 3 is 2.52 bits per heavy atom. The molecule has 2 N–H and O–H groups in total. The molecule has 0 radical (unpaired) electrons. The zero-order chi connectivity index (χ0) is 15.2. The normalized spacial score (nSPS) is 12.0. The molecule has 1 atom stereocenters. The number of aliphatic hydroxyl groups excluding tert-OH is 1. The second-order valence-electron chi connectivity index (χ2n) is 5.14. The van der Waals surface area contributed by atoms with Crippen molar-refractivity contribution in [2.75, 3.05) is 18.5 Å². The van der Waals surface area contributed by atoms with Crippen molar-refractivity contribution in [3.8, 4) is 5.75 Å². The van der Waals surface area contributed by atoms with Gasteiger partial charge in [-0.05, 0) is 44.5 Å². The minimum atomic E-state index is -0.630. The van der Waals surface area contributed by atoms with Gasteiger partial charge in [0.15, 0.2) is 0 Å². The lowest BCUT2D eigenvalue weighted by atomic mass is 10.2. The Bertz CT molecular complexity index is 582. The quantitative estimate of drug-likeness (QED) is 0.853. The van der Waals surface area contributed by atoms with Crippen LogP contribution in [0.4, 0.5) is 5.95 Å². The predicted molar refractivity (Wildman–Crippen MR) is 82.7 cm³/mol. The van der Waals surface area contributed by atoms with Crippen molar-refractivity contribution >= 4 is 5.95 Å². The summed E-state index contributed by atoms with van der Waals surface area (Å²) < 4.78 is 5.55. The second-order valence-corrected chi connectivity index (χ2v) is 5.14. The smallest absolute Gasteiger partial charge is 0.223 e. The Kier molecular flexibility index (Phi) is 5.11. The highest BCUT2D eigenvalue weighted by molar-refractivity contribution is 5.28. The lowest BCUT2D eigenvalue weighted by Gasteiger charge is -2.14. The van der Waals surface area contributed by atoms with Crippen molar-refractivity contribution < 1.29 is 9.84 Å². The third kappa shape index (κ3) is 5.04. The molecule has 0 spiro atoms. The molecule has 1 aromatic heterocycles. The summed E-state index contributed by atoms with van der Waals surface area (Å²) >= 11 is 0. The molecule has 1 aromatic carbocycles. The summed E-state index contributed by atoms with van der Waals surface area (Å²) in [5, 5.41) is 13.0. The van der Waals surface area contributed by atoms with Crippen LogP contribution in [0.25, 0.3) is 0 Å². The van der Waals surface area contributed by atoms with E-state index < -0.39 is 6.10 Å². The van der Waals surface area contributed by atoms with Gasteiger partial charge in [0.25, 0.3) is 0 Å². The van der Waals surface area contributed by atoms with E-state index in [9.17, 15) is 5.11 Å². The number of anilines is 1. The first kappa shape index (κ1) is 15.3. The highest BCUT2D eigenvalue weighted by Gasteiger charge is 2.07. The number of hydrogen-bond acceptors (Lipinski definition) is 5. The van der Waals surface area contributed by atoms with Gasteiger partial charge in [0.05, 0.1) is 0 Å². The third-order valence-corrected chi connectivity index (χ3v) is 2.91. The Morgan fingerprint density at radius 1 is 1.14 bits per heavy atom. The molecule has 0 amide bonds. The lowest BCUT2D eigenvalue weighted by Crippen LogP contribution is -2.27. The van der Waals surface area contributed by atoms with E-state index in [0.29, 0.717) is 12.5 Å².